The van der Waals surface area contributed by atoms with Gasteiger partial charge in [0.25, 0.3) is 0 Å². The molecule has 206 valence electrons. The van der Waals surface area contributed by atoms with Gasteiger partial charge in [-0.1, -0.05) is 42.1 Å². The van der Waals surface area contributed by atoms with E-state index in [9.17, 15) is 14.4 Å². The molecule has 1 unspecified atom stereocenters. The molecule has 1 aromatic rings. The lowest BCUT2D eigenvalue weighted by atomic mass is 9.83. The Hall–Kier alpha value is -2.03. The topological polar surface area (TPSA) is 88.2 Å². The molecule has 1 aliphatic heterocycles. The van der Waals surface area contributed by atoms with Crippen LogP contribution in [0.4, 0.5) is 4.79 Å². The lowest BCUT2D eigenvalue weighted by Crippen LogP contribution is -2.58. The van der Waals surface area contributed by atoms with E-state index in [1.54, 1.807) is 43.9 Å². The highest BCUT2D eigenvalue weighted by Crippen LogP contribution is 2.30. The van der Waals surface area contributed by atoms with E-state index < -0.39 is 17.7 Å². The molecular weight excluding hydrogens is 517 g/mol. The van der Waals surface area contributed by atoms with Crippen LogP contribution >= 0.6 is 23.2 Å². The van der Waals surface area contributed by atoms with Crippen LogP contribution in [0.25, 0.3) is 0 Å². The van der Waals surface area contributed by atoms with Crippen molar-refractivity contribution in [1.82, 2.24) is 15.1 Å². The molecule has 1 N–H and O–H groups in total. The number of carbonyl (C=O) groups is 3. The van der Waals surface area contributed by atoms with Crippen molar-refractivity contribution in [3.63, 3.8) is 0 Å². The Balaban J connectivity index is 1.69. The molecule has 0 spiro atoms. The number of piperazine rings is 1. The number of esters is 1. The minimum Gasteiger partial charge on any atom is -0.466 e. The van der Waals surface area contributed by atoms with Crippen molar-refractivity contribution in [2.24, 2.45) is 5.92 Å². The maximum atomic E-state index is 13.6. The zero-order chi connectivity index (χ0) is 27.2. The van der Waals surface area contributed by atoms with Crippen molar-refractivity contribution in [2.75, 3.05) is 32.8 Å². The number of benzene rings is 1. The number of carbonyl (C=O) groups excluding carboxylic acids is 3. The Labute approximate surface area is 229 Å². The molecule has 0 bridgehead atoms. The molecule has 1 heterocycles. The average molecular weight is 557 g/mol. The van der Waals surface area contributed by atoms with Crippen molar-refractivity contribution in [1.29, 1.82) is 0 Å². The van der Waals surface area contributed by atoms with E-state index in [1.807, 2.05) is 6.92 Å². The van der Waals surface area contributed by atoms with Crippen molar-refractivity contribution < 1.29 is 23.9 Å². The van der Waals surface area contributed by atoms with Gasteiger partial charge < -0.3 is 19.7 Å². The summed E-state index contributed by atoms with van der Waals surface area (Å²) in [5, 5.41) is 3.68. The summed E-state index contributed by atoms with van der Waals surface area (Å²) < 4.78 is 10.8. The summed E-state index contributed by atoms with van der Waals surface area (Å²) in [6, 6.07) is 4.38. The number of ether oxygens (including phenoxy) is 2. The molecule has 2 fully saturated rings. The Kier molecular flexibility index (Phi) is 10.5. The van der Waals surface area contributed by atoms with E-state index in [0.29, 0.717) is 48.4 Å². The fourth-order valence-electron chi connectivity index (χ4n) is 5.12. The van der Waals surface area contributed by atoms with Gasteiger partial charge in [-0.2, -0.15) is 0 Å². The molecule has 2 amide bonds. The van der Waals surface area contributed by atoms with Gasteiger partial charge in [0.2, 0.25) is 5.91 Å². The first kappa shape index (κ1) is 29.5. The number of nitrogens with one attached hydrogen (secondary N) is 1. The van der Waals surface area contributed by atoms with Crippen LogP contribution in [0.5, 0.6) is 0 Å². The van der Waals surface area contributed by atoms with Gasteiger partial charge in [0.1, 0.15) is 11.6 Å². The third kappa shape index (κ3) is 8.48. The standard InChI is InChI=1S/C27H39Cl2N3O5/c1-5-36-25(34)20-8-6-7-9-23(20)31-12-14-32(15-13-31)24(33)22(30-26(35)37-27(2,3)4)16-18-10-11-19(28)17-21(18)29/h10-11,17,20,22-23H,5-9,12-16H2,1-4H3,(H,30,35)/t20-,22?,23-/m1/s1. The fourth-order valence-corrected chi connectivity index (χ4v) is 5.61. The number of hydrogen-bond acceptors (Lipinski definition) is 6. The van der Waals surface area contributed by atoms with Crippen LogP contribution in [-0.4, -0.2) is 78.2 Å². The second-order valence-electron chi connectivity index (χ2n) is 10.7. The molecule has 3 rings (SSSR count). The summed E-state index contributed by atoms with van der Waals surface area (Å²) in [4.78, 5) is 42.8. The van der Waals surface area contributed by atoms with Gasteiger partial charge in [0.05, 0.1) is 12.5 Å². The predicted octanol–water partition coefficient (Wildman–Crippen LogP) is 4.70. The molecule has 8 nitrogen and oxygen atoms in total. The predicted molar refractivity (Wildman–Crippen MR) is 144 cm³/mol. The molecule has 37 heavy (non-hydrogen) atoms. The molecule has 0 aromatic heterocycles. The van der Waals surface area contributed by atoms with Crippen LogP contribution in [0.15, 0.2) is 18.2 Å². The Bertz CT molecular complexity index is 960. The van der Waals surface area contributed by atoms with Gasteiger partial charge >= 0.3 is 12.1 Å². The van der Waals surface area contributed by atoms with Crippen molar-refractivity contribution >= 4 is 41.2 Å². The van der Waals surface area contributed by atoms with Crippen LogP contribution in [0, 0.1) is 5.92 Å². The van der Waals surface area contributed by atoms with Gasteiger partial charge in [-0.15, -0.1) is 0 Å². The van der Waals surface area contributed by atoms with Gasteiger partial charge in [0, 0.05) is 48.7 Å². The number of halogens is 2. The van der Waals surface area contributed by atoms with E-state index in [4.69, 9.17) is 32.7 Å². The summed E-state index contributed by atoms with van der Waals surface area (Å²) in [6.45, 7) is 9.86. The SMILES string of the molecule is CCOC(=O)[C@@H]1CCCC[C@H]1N1CCN(C(=O)C(Cc2ccc(Cl)cc2Cl)NC(=O)OC(C)(C)C)CC1. The normalized spacial score (nSPS) is 21.7. The first-order chi connectivity index (χ1) is 17.5. The van der Waals surface area contributed by atoms with E-state index in [1.165, 1.54) is 0 Å². The average Bonchev–Trinajstić information content (AvgIpc) is 2.84. The van der Waals surface area contributed by atoms with Crippen molar-refractivity contribution in [3.05, 3.63) is 33.8 Å². The summed E-state index contributed by atoms with van der Waals surface area (Å²) in [5.74, 6) is -0.432. The quantitative estimate of drug-likeness (QED) is 0.491. The van der Waals surface area contributed by atoms with E-state index in [-0.39, 0.29) is 30.3 Å². The number of hydrogen-bond donors (Lipinski definition) is 1. The molecule has 3 atom stereocenters. The van der Waals surface area contributed by atoms with Gasteiger partial charge in [-0.25, -0.2) is 4.79 Å². The number of amides is 2. The lowest BCUT2D eigenvalue weighted by molar-refractivity contribution is -0.153. The molecule has 1 saturated carbocycles. The summed E-state index contributed by atoms with van der Waals surface area (Å²) in [5.41, 5.74) is 0.00930. The van der Waals surface area contributed by atoms with E-state index >= 15 is 0 Å². The van der Waals surface area contributed by atoms with Crippen LogP contribution in [0.3, 0.4) is 0 Å². The summed E-state index contributed by atoms with van der Waals surface area (Å²) in [6.07, 6.45) is 3.46. The van der Waals surface area contributed by atoms with Gasteiger partial charge in [-0.3, -0.25) is 14.5 Å². The second kappa shape index (κ2) is 13.2. The molecule has 0 radical (unpaired) electrons. The smallest absolute Gasteiger partial charge is 0.408 e. The second-order valence-corrected chi connectivity index (χ2v) is 11.6. The highest BCUT2D eigenvalue weighted by atomic mass is 35.5. The van der Waals surface area contributed by atoms with Gasteiger partial charge in [0.15, 0.2) is 0 Å². The summed E-state index contributed by atoms with van der Waals surface area (Å²) in [7, 11) is 0. The first-order valence-corrected chi connectivity index (χ1v) is 13.9. The highest BCUT2D eigenvalue weighted by molar-refractivity contribution is 6.35. The Morgan fingerprint density at radius 3 is 2.38 bits per heavy atom. The monoisotopic (exact) mass is 555 g/mol. The zero-order valence-electron chi connectivity index (χ0n) is 22.2. The third-order valence-corrected chi connectivity index (χ3v) is 7.43. The molecule has 1 aliphatic carbocycles. The van der Waals surface area contributed by atoms with Crippen LogP contribution < -0.4 is 5.32 Å². The maximum Gasteiger partial charge on any atom is 0.408 e. The minimum atomic E-state index is -0.845. The number of alkyl carbamates (subject to hydrolysis) is 1. The minimum absolute atomic E-state index is 0.118. The van der Waals surface area contributed by atoms with Crippen LogP contribution in [0.1, 0.15) is 58.9 Å². The zero-order valence-corrected chi connectivity index (χ0v) is 23.7. The molecular formula is C27H39Cl2N3O5. The molecule has 10 heteroatoms. The first-order valence-electron chi connectivity index (χ1n) is 13.1. The number of rotatable bonds is 7. The van der Waals surface area contributed by atoms with Crippen molar-refractivity contribution in [3.8, 4) is 0 Å². The molecule has 1 aromatic carbocycles. The lowest BCUT2D eigenvalue weighted by Gasteiger charge is -2.44. The van der Waals surface area contributed by atoms with Crippen LogP contribution in [-0.2, 0) is 25.5 Å². The highest BCUT2D eigenvalue weighted by Gasteiger charge is 2.38. The molecule has 2 aliphatic rings. The Morgan fingerprint density at radius 2 is 1.76 bits per heavy atom. The fraction of sp³-hybridized carbons (Fsp3) is 0.667. The van der Waals surface area contributed by atoms with E-state index in [2.05, 4.69) is 10.2 Å². The number of nitrogens with zero attached hydrogens (tertiary/aromatic N) is 2. The molecule has 1 saturated heterocycles. The van der Waals surface area contributed by atoms with Gasteiger partial charge in [-0.05, 0) is 58.2 Å². The maximum absolute atomic E-state index is 13.6. The summed E-state index contributed by atoms with van der Waals surface area (Å²) >= 11 is 12.4. The Morgan fingerprint density at radius 1 is 1.08 bits per heavy atom. The van der Waals surface area contributed by atoms with Crippen LogP contribution in [0.2, 0.25) is 10.0 Å². The van der Waals surface area contributed by atoms with Crippen molar-refractivity contribution in [2.45, 2.75) is 77.5 Å². The third-order valence-electron chi connectivity index (χ3n) is 6.84. The largest absolute Gasteiger partial charge is 0.466 e. The van der Waals surface area contributed by atoms with E-state index in [0.717, 1.165) is 25.7 Å².